The fourth-order valence-electron chi connectivity index (χ4n) is 9.26. The molecule has 0 atom stereocenters. The summed E-state index contributed by atoms with van der Waals surface area (Å²) in [6.45, 7) is 0. The summed E-state index contributed by atoms with van der Waals surface area (Å²) < 4.78 is 6.59. The van der Waals surface area contributed by atoms with Gasteiger partial charge in [0.15, 0.2) is 0 Å². The second kappa shape index (κ2) is 10.8. The molecule has 0 fully saturated rings. The number of benzene rings is 11. The second-order valence-electron chi connectivity index (χ2n) is 14.3. The average Bonchev–Trinajstić information content (AvgIpc) is 3.61. The normalized spacial score (nSPS) is 12.2. The van der Waals surface area contributed by atoms with Crippen LogP contribution in [0.5, 0.6) is 0 Å². The highest BCUT2D eigenvalue weighted by molar-refractivity contribution is 6.39. The number of hydrogen-bond acceptors (Lipinski definition) is 1. The van der Waals surface area contributed by atoms with Gasteiger partial charge in [0.05, 0.1) is 0 Å². The van der Waals surface area contributed by atoms with Crippen molar-refractivity contribution in [1.82, 2.24) is 0 Å². The highest BCUT2D eigenvalue weighted by Gasteiger charge is 2.18. The van der Waals surface area contributed by atoms with Gasteiger partial charge in [-0.3, -0.25) is 0 Å². The minimum atomic E-state index is 0.913. The molecule has 1 heteroatoms. The summed E-state index contributed by atoms with van der Waals surface area (Å²) in [6.07, 6.45) is 0. The van der Waals surface area contributed by atoms with Crippen molar-refractivity contribution in [3.63, 3.8) is 0 Å². The van der Waals surface area contributed by atoms with Crippen LogP contribution in [0, 0.1) is 0 Å². The maximum absolute atomic E-state index is 6.59. The molecule has 0 aliphatic heterocycles. The maximum atomic E-state index is 6.59. The van der Waals surface area contributed by atoms with Gasteiger partial charge in [0.1, 0.15) is 11.2 Å². The predicted octanol–water partition coefficient (Wildman–Crippen LogP) is 15.0. The van der Waals surface area contributed by atoms with E-state index in [9.17, 15) is 0 Å². The Morgan fingerprint density at radius 1 is 0.264 bits per heavy atom. The van der Waals surface area contributed by atoms with E-state index in [4.69, 9.17) is 4.42 Å². The van der Waals surface area contributed by atoms with Crippen molar-refractivity contribution < 1.29 is 4.42 Å². The molecule has 1 aromatic heterocycles. The van der Waals surface area contributed by atoms with Gasteiger partial charge in [0.25, 0.3) is 0 Å². The first-order valence-corrected chi connectivity index (χ1v) is 18.3. The third kappa shape index (κ3) is 4.02. The molecule has 0 unspecified atom stereocenters. The molecule has 0 aliphatic carbocycles. The van der Waals surface area contributed by atoms with Crippen LogP contribution in [0.2, 0.25) is 0 Å². The Morgan fingerprint density at radius 3 is 1.30 bits per heavy atom. The van der Waals surface area contributed by atoms with Gasteiger partial charge in [-0.05, 0) is 117 Å². The van der Waals surface area contributed by atoms with E-state index in [-0.39, 0.29) is 0 Å². The molecule has 1 nitrogen and oxygen atoms in total. The van der Waals surface area contributed by atoms with Crippen molar-refractivity contribution in [1.29, 1.82) is 0 Å². The fraction of sp³-hybridized carbons (Fsp3) is 0. The highest BCUT2D eigenvalue weighted by Crippen LogP contribution is 2.46. The zero-order valence-corrected chi connectivity index (χ0v) is 28.7. The molecule has 0 saturated carbocycles. The summed E-state index contributed by atoms with van der Waals surface area (Å²) in [5.74, 6) is 0. The van der Waals surface area contributed by atoms with Crippen molar-refractivity contribution in [2.24, 2.45) is 0 Å². The zero-order chi connectivity index (χ0) is 34.6. The van der Waals surface area contributed by atoms with Crippen LogP contribution < -0.4 is 0 Å². The summed E-state index contributed by atoms with van der Waals surface area (Å²) in [5, 5.41) is 20.1. The summed E-state index contributed by atoms with van der Waals surface area (Å²) in [7, 11) is 0. The van der Waals surface area contributed by atoms with Crippen LogP contribution in [0.15, 0.2) is 186 Å². The zero-order valence-electron chi connectivity index (χ0n) is 28.7. The van der Waals surface area contributed by atoms with Gasteiger partial charge < -0.3 is 4.42 Å². The van der Waals surface area contributed by atoms with Crippen LogP contribution in [0.1, 0.15) is 0 Å². The monoisotopic (exact) mass is 670 g/mol. The van der Waals surface area contributed by atoms with Crippen molar-refractivity contribution in [2.45, 2.75) is 0 Å². The molecule has 0 spiro atoms. The Kier molecular flexibility index (Phi) is 5.84. The molecule has 0 bridgehead atoms. The molecule has 0 radical (unpaired) electrons. The molecule has 0 N–H and O–H groups in total. The topological polar surface area (TPSA) is 13.1 Å². The lowest BCUT2D eigenvalue weighted by atomic mass is 9.86. The molecular formula is C52H30O. The number of hydrogen-bond donors (Lipinski definition) is 0. The largest absolute Gasteiger partial charge is 0.455 e. The van der Waals surface area contributed by atoms with Gasteiger partial charge in [-0.25, -0.2) is 0 Å². The van der Waals surface area contributed by atoms with Crippen LogP contribution >= 0.6 is 0 Å². The van der Waals surface area contributed by atoms with Crippen molar-refractivity contribution in [3.8, 4) is 22.3 Å². The highest BCUT2D eigenvalue weighted by atomic mass is 16.3. The molecule has 0 aliphatic rings. The molecule has 0 saturated heterocycles. The number of rotatable bonds is 2. The summed E-state index contributed by atoms with van der Waals surface area (Å²) in [6, 6.07) is 66.8. The Morgan fingerprint density at radius 2 is 0.698 bits per heavy atom. The molecular weight excluding hydrogens is 641 g/mol. The van der Waals surface area contributed by atoms with Gasteiger partial charge in [-0.2, -0.15) is 0 Å². The third-order valence-electron chi connectivity index (χ3n) is 11.6. The summed E-state index contributed by atoms with van der Waals surface area (Å²) >= 11 is 0. The Labute approximate surface area is 304 Å². The molecule has 244 valence electrons. The predicted molar refractivity (Wildman–Crippen MR) is 227 cm³/mol. The van der Waals surface area contributed by atoms with Crippen LogP contribution in [0.25, 0.3) is 120 Å². The van der Waals surface area contributed by atoms with E-state index in [0.29, 0.717) is 0 Å². The van der Waals surface area contributed by atoms with Crippen molar-refractivity contribution >= 4 is 97.3 Å². The Balaban J connectivity index is 1.08. The second-order valence-corrected chi connectivity index (χ2v) is 14.3. The lowest BCUT2D eigenvalue weighted by molar-refractivity contribution is 0.673. The van der Waals surface area contributed by atoms with Crippen molar-refractivity contribution in [3.05, 3.63) is 182 Å². The van der Waals surface area contributed by atoms with E-state index in [0.717, 1.165) is 32.9 Å². The maximum Gasteiger partial charge on any atom is 0.143 e. The van der Waals surface area contributed by atoms with Crippen molar-refractivity contribution in [2.75, 3.05) is 0 Å². The fourth-order valence-corrected chi connectivity index (χ4v) is 9.26. The van der Waals surface area contributed by atoms with Gasteiger partial charge in [0.2, 0.25) is 0 Å². The van der Waals surface area contributed by atoms with E-state index in [1.165, 1.54) is 86.7 Å². The van der Waals surface area contributed by atoms with Crippen LogP contribution in [0.3, 0.4) is 0 Å². The summed E-state index contributed by atoms with van der Waals surface area (Å²) in [4.78, 5) is 0. The van der Waals surface area contributed by atoms with Crippen LogP contribution in [-0.2, 0) is 0 Å². The van der Waals surface area contributed by atoms with E-state index < -0.39 is 0 Å². The first-order valence-electron chi connectivity index (χ1n) is 18.3. The standard InChI is InChI=1S/C52H30O/c1-2-12-36-31(11-1)21-26-47-42-24-22-33(30-49(42)53-52(36)47)35-28-27-34(37-13-3-4-14-38(35)37)32-23-25-46-48(29-32)41-17-7-10-20-45(41)50-43-18-8-5-15-39(43)40-16-6-9-19-44(40)51(46)50/h1-30H. The van der Waals surface area contributed by atoms with Crippen LogP contribution in [-0.4, -0.2) is 0 Å². The van der Waals surface area contributed by atoms with Crippen LogP contribution in [0.4, 0.5) is 0 Å². The lowest BCUT2D eigenvalue weighted by Crippen LogP contribution is -1.90. The van der Waals surface area contributed by atoms with Gasteiger partial charge in [0, 0.05) is 16.2 Å². The molecule has 12 aromatic rings. The van der Waals surface area contributed by atoms with Gasteiger partial charge in [-0.15, -0.1) is 0 Å². The molecule has 1 heterocycles. The first kappa shape index (κ1) is 28.7. The van der Waals surface area contributed by atoms with E-state index in [1.54, 1.807) is 0 Å². The van der Waals surface area contributed by atoms with Gasteiger partial charge in [-0.1, -0.05) is 158 Å². The van der Waals surface area contributed by atoms with E-state index in [2.05, 4.69) is 182 Å². The van der Waals surface area contributed by atoms with Gasteiger partial charge >= 0.3 is 0 Å². The average molecular weight is 671 g/mol. The SMILES string of the molecule is c1ccc2c(c1)ccc1c3ccc(-c4ccc(-c5ccc6c(c5)c5ccccc5c5c7ccccc7c7ccccc7c65)c5ccccc45)cc3oc21. The smallest absolute Gasteiger partial charge is 0.143 e. The quantitative estimate of drug-likeness (QED) is 0.167. The number of furan rings is 1. The number of fused-ring (bicyclic) bond motifs is 17. The Bertz CT molecular complexity index is 3510. The van der Waals surface area contributed by atoms with E-state index >= 15 is 0 Å². The molecule has 53 heavy (non-hydrogen) atoms. The third-order valence-corrected chi connectivity index (χ3v) is 11.6. The molecule has 0 amide bonds. The lowest BCUT2D eigenvalue weighted by Gasteiger charge is -2.17. The van der Waals surface area contributed by atoms with E-state index in [1.807, 2.05) is 0 Å². The summed E-state index contributed by atoms with van der Waals surface area (Å²) in [5.41, 5.74) is 6.67. The Hall–Kier alpha value is -6.96. The minimum absolute atomic E-state index is 0.913. The molecule has 12 rings (SSSR count). The molecule has 11 aromatic carbocycles. The minimum Gasteiger partial charge on any atom is -0.455 e. The first-order chi connectivity index (χ1) is 26.3.